The van der Waals surface area contributed by atoms with Crippen LogP contribution in [-0.4, -0.2) is 34.7 Å². The fourth-order valence-electron chi connectivity index (χ4n) is 4.24. The van der Waals surface area contributed by atoms with Gasteiger partial charge in [-0.15, -0.1) is 0 Å². The molecule has 0 saturated carbocycles. The molecule has 1 fully saturated rings. The number of allylic oxidation sites excluding steroid dienone is 1. The van der Waals surface area contributed by atoms with E-state index in [2.05, 4.69) is 34.2 Å². The number of rotatable bonds is 4. The summed E-state index contributed by atoms with van der Waals surface area (Å²) in [5.41, 5.74) is 8.83. The number of anilines is 1. The molecule has 1 aromatic heterocycles. The van der Waals surface area contributed by atoms with Crippen molar-refractivity contribution in [3.63, 3.8) is 0 Å². The van der Waals surface area contributed by atoms with E-state index in [9.17, 15) is 9.59 Å². The molecule has 2 aliphatic rings. The van der Waals surface area contributed by atoms with Gasteiger partial charge in [0, 0.05) is 25.4 Å². The molecule has 2 aromatic rings. The van der Waals surface area contributed by atoms with Crippen molar-refractivity contribution in [3.05, 3.63) is 58.9 Å². The second kappa shape index (κ2) is 8.15. The molecule has 1 aliphatic heterocycles. The Morgan fingerprint density at radius 2 is 1.86 bits per heavy atom. The summed E-state index contributed by atoms with van der Waals surface area (Å²) >= 11 is 0. The number of nitrogens with zero attached hydrogens (tertiary/aromatic N) is 3. The van der Waals surface area contributed by atoms with Crippen molar-refractivity contribution < 1.29 is 9.59 Å². The lowest BCUT2D eigenvalue weighted by molar-refractivity contribution is -0.122. The molecule has 6 heteroatoms. The Balaban J connectivity index is 1.53. The smallest absolute Gasteiger partial charge is 0.225 e. The minimum absolute atomic E-state index is 0.0703. The van der Waals surface area contributed by atoms with Gasteiger partial charge in [0.25, 0.3) is 0 Å². The third-order valence-electron chi connectivity index (χ3n) is 5.88. The topological polar surface area (TPSA) is 89.2 Å². The molecule has 1 unspecified atom stereocenters. The number of ketones is 1. The quantitative estimate of drug-likeness (QED) is 0.867. The molecule has 6 nitrogen and oxygen atoms in total. The first-order valence-electron chi connectivity index (χ1n) is 10.2. The molecule has 150 valence electrons. The summed E-state index contributed by atoms with van der Waals surface area (Å²) < 4.78 is 0. The normalized spacial score (nSPS) is 20.1. The van der Waals surface area contributed by atoms with E-state index in [4.69, 9.17) is 10.7 Å². The van der Waals surface area contributed by atoms with Crippen molar-refractivity contribution in [1.82, 2.24) is 9.97 Å². The van der Waals surface area contributed by atoms with Gasteiger partial charge < -0.3 is 10.6 Å². The summed E-state index contributed by atoms with van der Waals surface area (Å²) in [5.74, 6) is 0.609. The van der Waals surface area contributed by atoms with Gasteiger partial charge >= 0.3 is 0 Å². The molecule has 1 saturated heterocycles. The number of primary amides is 1. The van der Waals surface area contributed by atoms with E-state index in [1.54, 1.807) is 0 Å². The standard InChI is InChI=1S/C23H26N4O2/c1-15-21-19(26-23(25-15)27-11-9-18(10-12-27)22(24)29)13-17(14-20(21)28)8-7-16-5-3-2-4-6-16/h2-8,17-18H,9-14H2,1H3,(H2,24,29)/b8-7+. The Hall–Kier alpha value is -3.02. The van der Waals surface area contributed by atoms with Gasteiger partial charge in [-0.05, 0) is 37.7 Å². The van der Waals surface area contributed by atoms with Crippen LogP contribution in [0.15, 0.2) is 36.4 Å². The van der Waals surface area contributed by atoms with Crippen molar-refractivity contribution in [3.8, 4) is 0 Å². The summed E-state index contributed by atoms with van der Waals surface area (Å²) in [6.45, 7) is 3.30. The third-order valence-corrected chi connectivity index (χ3v) is 5.88. The van der Waals surface area contributed by atoms with Gasteiger partial charge in [0.1, 0.15) is 0 Å². The summed E-state index contributed by atoms with van der Waals surface area (Å²) in [4.78, 5) is 35.6. The van der Waals surface area contributed by atoms with Gasteiger partial charge in [-0.25, -0.2) is 9.97 Å². The number of hydrogen-bond donors (Lipinski definition) is 1. The molecule has 2 N–H and O–H groups in total. The molecule has 2 heterocycles. The van der Waals surface area contributed by atoms with Crippen molar-refractivity contribution >= 4 is 23.7 Å². The van der Waals surface area contributed by atoms with E-state index in [0.717, 1.165) is 36.2 Å². The molecular weight excluding hydrogens is 364 g/mol. The lowest BCUT2D eigenvalue weighted by atomic mass is 9.84. The third kappa shape index (κ3) is 4.21. The van der Waals surface area contributed by atoms with Crippen LogP contribution in [0.3, 0.4) is 0 Å². The minimum atomic E-state index is -0.231. The average Bonchev–Trinajstić information content (AvgIpc) is 2.72. The van der Waals surface area contributed by atoms with Gasteiger partial charge in [0.15, 0.2) is 5.78 Å². The molecule has 1 aliphatic carbocycles. The second-order valence-corrected chi connectivity index (χ2v) is 7.96. The van der Waals surface area contributed by atoms with E-state index in [-0.39, 0.29) is 23.5 Å². The van der Waals surface area contributed by atoms with Crippen LogP contribution in [-0.2, 0) is 11.2 Å². The SMILES string of the molecule is Cc1nc(N2CCC(C(N)=O)CC2)nc2c1C(=O)CC(/C=C/c1ccccc1)C2. The molecule has 0 bridgehead atoms. The predicted octanol–water partition coefficient (Wildman–Crippen LogP) is 2.95. The van der Waals surface area contributed by atoms with Crippen molar-refractivity contribution in [2.75, 3.05) is 18.0 Å². The lowest BCUT2D eigenvalue weighted by Crippen LogP contribution is -2.39. The zero-order valence-corrected chi connectivity index (χ0v) is 16.7. The summed E-state index contributed by atoms with van der Waals surface area (Å²) in [7, 11) is 0. The zero-order chi connectivity index (χ0) is 20.4. The Kier molecular flexibility index (Phi) is 5.43. The molecule has 1 atom stereocenters. The Morgan fingerprint density at radius 1 is 1.14 bits per heavy atom. The number of carbonyl (C=O) groups excluding carboxylic acids is 2. The number of carbonyl (C=O) groups is 2. The minimum Gasteiger partial charge on any atom is -0.369 e. The highest BCUT2D eigenvalue weighted by atomic mass is 16.1. The number of aromatic nitrogens is 2. The van der Waals surface area contributed by atoms with Crippen LogP contribution >= 0.6 is 0 Å². The second-order valence-electron chi connectivity index (χ2n) is 7.96. The van der Waals surface area contributed by atoms with Gasteiger partial charge in [-0.3, -0.25) is 9.59 Å². The summed E-state index contributed by atoms with van der Waals surface area (Å²) in [6, 6.07) is 10.1. The van der Waals surface area contributed by atoms with Crippen LogP contribution in [0, 0.1) is 18.8 Å². The van der Waals surface area contributed by atoms with E-state index < -0.39 is 0 Å². The van der Waals surface area contributed by atoms with Crippen LogP contribution in [0.1, 0.15) is 46.6 Å². The monoisotopic (exact) mass is 390 g/mol. The van der Waals surface area contributed by atoms with Crippen molar-refractivity contribution in [2.45, 2.75) is 32.6 Å². The number of fused-ring (bicyclic) bond motifs is 1. The molecule has 0 radical (unpaired) electrons. The highest BCUT2D eigenvalue weighted by Gasteiger charge is 2.30. The number of nitrogens with two attached hydrogens (primary N) is 1. The number of piperidine rings is 1. The van der Waals surface area contributed by atoms with E-state index in [1.807, 2.05) is 25.1 Å². The largest absolute Gasteiger partial charge is 0.369 e. The zero-order valence-electron chi connectivity index (χ0n) is 16.7. The van der Waals surface area contributed by atoms with Crippen LogP contribution < -0.4 is 10.6 Å². The Labute approximate surface area is 170 Å². The molecule has 4 rings (SSSR count). The van der Waals surface area contributed by atoms with Crippen molar-refractivity contribution in [1.29, 1.82) is 0 Å². The number of hydrogen-bond acceptors (Lipinski definition) is 5. The summed E-state index contributed by atoms with van der Waals surface area (Å²) in [6.07, 6.45) is 6.85. The highest BCUT2D eigenvalue weighted by Crippen LogP contribution is 2.30. The Bertz CT molecular complexity index is 947. The first kappa shape index (κ1) is 19.3. The first-order chi connectivity index (χ1) is 14.0. The number of amides is 1. The van der Waals surface area contributed by atoms with Crippen LogP contribution in [0.2, 0.25) is 0 Å². The molecule has 1 amide bonds. The van der Waals surface area contributed by atoms with Gasteiger partial charge in [-0.1, -0.05) is 42.5 Å². The first-order valence-corrected chi connectivity index (χ1v) is 10.2. The predicted molar refractivity (Wildman–Crippen MR) is 113 cm³/mol. The fourth-order valence-corrected chi connectivity index (χ4v) is 4.24. The maximum Gasteiger partial charge on any atom is 0.225 e. The Morgan fingerprint density at radius 3 is 2.55 bits per heavy atom. The molecule has 1 aromatic carbocycles. The van der Waals surface area contributed by atoms with Gasteiger partial charge in [0.2, 0.25) is 11.9 Å². The van der Waals surface area contributed by atoms with E-state index in [0.29, 0.717) is 31.0 Å². The summed E-state index contributed by atoms with van der Waals surface area (Å²) in [5, 5.41) is 0. The van der Waals surface area contributed by atoms with Gasteiger partial charge in [-0.2, -0.15) is 0 Å². The van der Waals surface area contributed by atoms with E-state index in [1.165, 1.54) is 0 Å². The number of benzene rings is 1. The maximum absolute atomic E-state index is 12.8. The van der Waals surface area contributed by atoms with E-state index >= 15 is 0 Å². The fraction of sp³-hybridized carbons (Fsp3) is 0.391. The number of aryl methyl sites for hydroxylation is 1. The van der Waals surface area contributed by atoms with Crippen molar-refractivity contribution in [2.24, 2.45) is 17.6 Å². The van der Waals surface area contributed by atoms with Crippen LogP contribution in [0.4, 0.5) is 5.95 Å². The highest BCUT2D eigenvalue weighted by molar-refractivity contribution is 5.99. The van der Waals surface area contributed by atoms with Crippen LogP contribution in [0.25, 0.3) is 6.08 Å². The van der Waals surface area contributed by atoms with Crippen LogP contribution in [0.5, 0.6) is 0 Å². The maximum atomic E-state index is 12.8. The number of Topliss-reactive ketones (excluding diaryl/α,β-unsaturated/α-hetero) is 1. The molecule has 29 heavy (non-hydrogen) atoms. The lowest BCUT2D eigenvalue weighted by Gasteiger charge is -2.32. The molecular formula is C23H26N4O2. The van der Waals surface area contributed by atoms with Gasteiger partial charge in [0.05, 0.1) is 17.0 Å². The average molecular weight is 390 g/mol. The molecule has 0 spiro atoms.